The Hall–Kier alpha value is -1.78. The zero-order chi connectivity index (χ0) is 16.3. The average molecular weight is 311 g/mol. The second kappa shape index (κ2) is 6.55. The first-order chi connectivity index (χ1) is 10.3. The van der Waals surface area contributed by atoms with Crippen LogP contribution in [0, 0.1) is 11.8 Å². The lowest BCUT2D eigenvalue weighted by Gasteiger charge is -2.12. The minimum absolute atomic E-state index is 0.269. The molecule has 0 unspecified atom stereocenters. The molecule has 1 fully saturated rings. The third kappa shape index (κ3) is 4.61. The van der Waals surface area contributed by atoms with Crippen LogP contribution in [0.15, 0.2) is 41.3 Å². The van der Waals surface area contributed by atoms with E-state index in [9.17, 15) is 18.0 Å². The van der Waals surface area contributed by atoms with Gasteiger partial charge < -0.3 is 4.57 Å². The molecule has 0 bridgehead atoms. The van der Waals surface area contributed by atoms with Gasteiger partial charge in [0.1, 0.15) is 6.54 Å². The Bertz CT molecular complexity index is 684. The van der Waals surface area contributed by atoms with Crippen LogP contribution in [0.4, 0.5) is 13.2 Å². The van der Waals surface area contributed by atoms with Crippen molar-refractivity contribution < 1.29 is 13.2 Å². The van der Waals surface area contributed by atoms with Crippen LogP contribution >= 0.6 is 0 Å². The molecule has 1 heterocycles. The topological polar surface area (TPSA) is 22.0 Å². The van der Waals surface area contributed by atoms with E-state index in [1.807, 2.05) is 0 Å². The van der Waals surface area contributed by atoms with Crippen molar-refractivity contribution >= 4 is 10.9 Å². The summed E-state index contributed by atoms with van der Waals surface area (Å²) >= 11 is 0. The summed E-state index contributed by atoms with van der Waals surface area (Å²) < 4.78 is 37.8. The summed E-state index contributed by atoms with van der Waals surface area (Å²) in [4.78, 5) is 11.4. The van der Waals surface area contributed by atoms with Crippen molar-refractivity contribution in [2.24, 2.45) is 11.8 Å². The van der Waals surface area contributed by atoms with Crippen LogP contribution in [0.1, 0.15) is 26.7 Å². The Morgan fingerprint density at radius 2 is 1.82 bits per heavy atom. The zero-order valence-corrected chi connectivity index (χ0v) is 12.7. The molecule has 0 spiro atoms. The second-order valence-electron chi connectivity index (χ2n) is 6.02. The maximum atomic E-state index is 12.3. The highest BCUT2D eigenvalue weighted by Crippen LogP contribution is 2.35. The van der Waals surface area contributed by atoms with Gasteiger partial charge in [-0.2, -0.15) is 13.2 Å². The Morgan fingerprint density at radius 1 is 1.18 bits per heavy atom. The highest BCUT2D eigenvalue weighted by molar-refractivity contribution is 5.78. The highest BCUT2D eigenvalue weighted by Gasteiger charge is 2.28. The van der Waals surface area contributed by atoms with Crippen LogP contribution in [-0.4, -0.2) is 10.7 Å². The quantitative estimate of drug-likeness (QED) is 0.793. The highest BCUT2D eigenvalue weighted by atomic mass is 19.4. The molecule has 120 valence electrons. The number of hydrogen-bond donors (Lipinski definition) is 0. The number of hydrogen-bond acceptors (Lipinski definition) is 1. The molecule has 1 saturated carbocycles. The van der Waals surface area contributed by atoms with Gasteiger partial charge in [-0.25, -0.2) is 0 Å². The number of alkyl halides is 3. The van der Waals surface area contributed by atoms with Gasteiger partial charge in [0, 0.05) is 17.6 Å². The van der Waals surface area contributed by atoms with Gasteiger partial charge in [0.2, 0.25) is 0 Å². The first kappa shape index (κ1) is 16.6. The van der Waals surface area contributed by atoms with E-state index >= 15 is 0 Å². The molecule has 2 aromatic rings. The van der Waals surface area contributed by atoms with Gasteiger partial charge in [0.05, 0.1) is 5.52 Å². The molecule has 1 aromatic carbocycles. The maximum Gasteiger partial charge on any atom is 0.406 e. The smallest absolute Gasteiger partial charge is 0.338 e. The molecular formula is C17H20F3NO. The average Bonchev–Trinajstić information content (AvgIpc) is 3.26. The normalized spacial score (nSPS) is 14.8. The predicted molar refractivity (Wildman–Crippen MR) is 81.8 cm³/mol. The van der Waals surface area contributed by atoms with E-state index < -0.39 is 12.7 Å². The largest absolute Gasteiger partial charge is 0.406 e. The van der Waals surface area contributed by atoms with Gasteiger partial charge in [-0.3, -0.25) is 4.79 Å². The van der Waals surface area contributed by atoms with Crippen molar-refractivity contribution in [2.75, 3.05) is 0 Å². The van der Waals surface area contributed by atoms with Crippen molar-refractivity contribution in [3.63, 3.8) is 0 Å². The first-order valence-electron chi connectivity index (χ1n) is 7.43. The number of nitrogens with zero attached hydrogens (tertiary/aromatic N) is 1. The molecule has 22 heavy (non-hydrogen) atoms. The molecule has 0 radical (unpaired) electrons. The van der Waals surface area contributed by atoms with Crippen LogP contribution in [0.3, 0.4) is 0 Å². The van der Waals surface area contributed by atoms with Crippen molar-refractivity contribution in [2.45, 2.75) is 39.4 Å². The molecular weight excluding hydrogens is 291 g/mol. The van der Waals surface area contributed by atoms with Gasteiger partial charge in [-0.05, 0) is 36.8 Å². The number of pyridine rings is 1. The molecule has 0 atom stereocenters. The summed E-state index contributed by atoms with van der Waals surface area (Å²) in [7, 11) is 0. The maximum absolute atomic E-state index is 12.3. The van der Waals surface area contributed by atoms with Crippen LogP contribution < -0.4 is 5.43 Å². The summed E-state index contributed by atoms with van der Waals surface area (Å²) in [6, 6.07) is 7.40. The third-order valence-electron chi connectivity index (χ3n) is 3.80. The van der Waals surface area contributed by atoms with E-state index in [0.29, 0.717) is 10.9 Å². The predicted octanol–water partition coefficient (Wildman–Crippen LogP) is 4.62. The molecule has 1 aromatic heterocycles. The summed E-state index contributed by atoms with van der Waals surface area (Å²) in [5, 5.41) is 0.300. The second-order valence-corrected chi connectivity index (χ2v) is 6.02. The molecule has 2 nitrogen and oxygen atoms in total. The summed E-state index contributed by atoms with van der Waals surface area (Å²) in [6.45, 7) is 3.52. The van der Waals surface area contributed by atoms with Gasteiger partial charge in [0.15, 0.2) is 5.43 Å². The van der Waals surface area contributed by atoms with E-state index in [2.05, 4.69) is 13.8 Å². The summed E-state index contributed by atoms with van der Waals surface area (Å²) in [6.07, 6.45) is -0.134. The van der Waals surface area contributed by atoms with E-state index in [1.165, 1.54) is 25.0 Å². The number of rotatable bonds is 2. The number of para-hydroxylation sites is 1. The fourth-order valence-electron chi connectivity index (χ4n) is 2.35. The van der Waals surface area contributed by atoms with Crippen LogP contribution in [0.5, 0.6) is 0 Å². The fourth-order valence-corrected chi connectivity index (χ4v) is 2.35. The Morgan fingerprint density at radius 3 is 2.32 bits per heavy atom. The van der Waals surface area contributed by atoms with Crippen LogP contribution in [-0.2, 0) is 6.54 Å². The number of benzene rings is 1. The number of aromatic nitrogens is 1. The van der Waals surface area contributed by atoms with E-state index in [0.717, 1.165) is 28.7 Å². The molecule has 0 amide bonds. The lowest BCUT2D eigenvalue weighted by molar-refractivity contribution is -0.139. The van der Waals surface area contributed by atoms with Gasteiger partial charge in [-0.15, -0.1) is 0 Å². The number of halogens is 3. The Balaban J connectivity index is 0.000000246. The molecule has 0 N–H and O–H groups in total. The van der Waals surface area contributed by atoms with Crippen molar-refractivity contribution in [3.05, 3.63) is 46.8 Å². The van der Waals surface area contributed by atoms with E-state index in [1.54, 1.807) is 12.1 Å². The standard InChI is InChI=1S/C11H8F3NO.C6H12/c12-11(13,14)7-15-6-5-10(16)8-3-1-2-4-9(8)15;1-5(2)6-3-4-6/h1-6H,7H2;5-6H,3-4H2,1-2H3. The minimum Gasteiger partial charge on any atom is -0.338 e. The van der Waals surface area contributed by atoms with E-state index in [-0.39, 0.29) is 5.43 Å². The van der Waals surface area contributed by atoms with Crippen molar-refractivity contribution in [1.82, 2.24) is 4.57 Å². The molecule has 5 heteroatoms. The van der Waals surface area contributed by atoms with Gasteiger partial charge in [0.25, 0.3) is 0 Å². The monoisotopic (exact) mass is 311 g/mol. The Labute approximate surface area is 127 Å². The van der Waals surface area contributed by atoms with Crippen molar-refractivity contribution in [1.29, 1.82) is 0 Å². The van der Waals surface area contributed by atoms with Crippen LogP contribution in [0.25, 0.3) is 10.9 Å². The molecule has 1 aliphatic carbocycles. The first-order valence-corrected chi connectivity index (χ1v) is 7.43. The lowest BCUT2D eigenvalue weighted by atomic mass is 10.1. The summed E-state index contributed by atoms with van der Waals surface area (Å²) in [5.74, 6) is 2.06. The molecule has 1 aliphatic rings. The zero-order valence-electron chi connectivity index (χ0n) is 12.7. The summed E-state index contributed by atoms with van der Waals surface area (Å²) in [5.41, 5.74) is 0.0290. The molecule has 3 rings (SSSR count). The molecule has 0 aliphatic heterocycles. The van der Waals surface area contributed by atoms with Crippen LogP contribution in [0.2, 0.25) is 0 Å². The van der Waals surface area contributed by atoms with E-state index in [4.69, 9.17) is 0 Å². The van der Waals surface area contributed by atoms with Gasteiger partial charge in [-0.1, -0.05) is 26.0 Å². The minimum atomic E-state index is -4.29. The SMILES string of the molecule is CC(C)C1CC1.O=c1ccn(CC(F)(F)F)c2ccccc12. The lowest BCUT2D eigenvalue weighted by Crippen LogP contribution is -2.19. The third-order valence-corrected chi connectivity index (χ3v) is 3.80. The fraction of sp³-hybridized carbons (Fsp3) is 0.471. The van der Waals surface area contributed by atoms with Gasteiger partial charge >= 0.3 is 6.18 Å². The number of fused-ring (bicyclic) bond motifs is 1. The Kier molecular flexibility index (Phi) is 4.94. The van der Waals surface area contributed by atoms with Crippen molar-refractivity contribution in [3.8, 4) is 0 Å². The molecule has 0 saturated heterocycles.